The highest BCUT2D eigenvalue weighted by molar-refractivity contribution is 7.80. The predicted molar refractivity (Wildman–Crippen MR) is 114 cm³/mol. The molecule has 0 aliphatic carbocycles. The number of hydrazine groups is 1. The number of ether oxygens (including phenoxy) is 1. The van der Waals surface area contributed by atoms with Crippen molar-refractivity contribution >= 4 is 40.7 Å². The quantitative estimate of drug-likeness (QED) is 0.281. The summed E-state index contributed by atoms with van der Waals surface area (Å²) in [5, 5.41) is 3.94. The molecule has 0 bridgehead atoms. The molecule has 1 aromatic carbocycles. The maximum absolute atomic E-state index is 14.9. The normalized spacial score (nSPS) is 15.5. The molecular formula is C18H26F2N6O4S. The van der Waals surface area contributed by atoms with E-state index in [1.807, 2.05) is 0 Å². The third-order valence-corrected chi connectivity index (χ3v) is 4.93. The van der Waals surface area contributed by atoms with Crippen molar-refractivity contribution in [3.8, 4) is 0 Å². The van der Waals surface area contributed by atoms with E-state index in [2.05, 4.69) is 10.7 Å². The topological polar surface area (TPSA) is 112 Å². The lowest BCUT2D eigenvalue weighted by molar-refractivity contribution is -0.119. The number of cyclic esters (lactones) is 1. The fourth-order valence-corrected chi connectivity index (χ4v) is 3.26. The first-order chi connectivity index (χ1) is 14.7. The summed E-state index contributed by atoms with van der Waals surface area (Å²) in [7, 11) is 1.39. The van der Waals surface area contributed by atoms with Crippen LogP contribution in [0.1, 0.15) is 13.8 Å². The van der Waals surface area contributed by atoms with Crippen molar-refractivity contribution in [2.75, 3.05) is 49.6 Å². The Balaban J connectivity index is 2.16. The SMILES string of the molecule is CCN(CCN(OC)C(=S)NN)c1c(F)cc(N2C[C@H](CNC(C)=O)OC2=O)cc1F. The van der Waals surface area contributed by atoms with Gasteiger partial charge in [0.2, 0.25) is 11.0 Å². The molecule has 2 amide bonds. The summed E-state index contributed by atoms with van der Waals surface area (Å²) in [5.74, 6) is 3.33. The van der Waals surface area contributed by atoms with Crippen LogP contribution in [0.3, 0.4) is 0 Å². The van der Waals surface area contributed by atoms with E-state index < -0.39 is 23.8 Å². The van der Waals surface area contributed by atoms with Crippen molar-refractivity contribution in [2.45, 2.75) is 20.0 Å². The zero-order chi connectivity index (χ0) is 23.1. The third kappa shape index (κ3) is 6.12. The Labute approximate surface area is 184 Å². The summed E-state index contributed by atoms with van der Waals surface area (Å²) < 4.78 is 34.9. The monoisotopic (exact) mass is 460 g/mol. The summed E-state index contributed by atoms with van der Waals surface area (Å²) >= 11 is 4.99. The minimum absolute atomic E-state index is 0.0251. The number of hydroxylamine groups is 2. The highest BCUT2D eigenvalue weighted by atomic mass is 32.1. The molecule has 2 rings (SSSR count). The molecule has 1 aromatic rings. The highest BCUT2D eigenvalue weighted by Gasteiger charge is 2.33. The first kappa shape index (κ1) is 24.5. The molecule has 10 nitrogen and oxygen atoms in total. The molecule has 0 spiro atoms. The van der Waals surface area contributed by atoms with Crippen LogP contribution in [-0.2, 0) is 14.4 Å². The molecule has 31 heavy (non-hydrogen) atoms. The Morgan fingerprint density at radius 3 is 2.55 bits per heavy atom. The zero-order valence-corrected chi connectivity index (χ0v) is 18.3. The van der Waals surface area contributed by atoms with Crippen molar-refractivity contribution in [1.82, 2.24) is 15.8 Å². The Morgan fingerprint density at radius 2 is 2.03 bits per heavy atom. The molecule has 4 N–H and O–H groups in total. The first-order valence-corrected chi connectivity index (χ1v) is 9.91. The van der Waals surface area contributed by atoms with Crippen LogP contribution in [0.25, 0.3) is 0 Å². The fraction of sp³-hybridized carbons (Fsp3) is 0.500. The molecule has 13 heteroatoms. The molecule has 1 aliphatic heterocycles. The average molecular weight is 461 g/mol. The van der Waals surface area contributed by atoms with E-state index in [9.17, 15) is 18.4 Å². The Kier molecular flexibility index (Phi) is 8.71. The number of benzene rings is 1. The maximum Gasteiger partial charge on any atom is 0.414 e. The van der Waals surface area contributed by atoms with E-state index in [1.54, 1.807) is 6.92 Å². The lowest BCUT2D eigenvalue weighted by Crippen LogP contribution is -2.46. The number of halogens is 2. The van der Waals surface area contributed by atoms with Crippen LogP contribution >= 0.6 is 12.2 Å². The van der Waals surface area contributed by atoms with E-state index in [4.69, 9.17) is 27.6 Å². The molecule has 1 saturated heterocycles. The third-order valence-electron chi connectivity index (χ3n) is 4.61. The Hall–Kier alpha value is -2.77. The molecule has 0 radical (unpaired) electrons. The summed E-state index contributed by atoms with van der Waals surface area (Å²) in [6.07, 6.45) is -1.36. The van der Waals surface area contributed by atoms with Crippen LogP contribution in [0, 0.1) is 11.6 Å². The van der Waals surface area contributed by atoms with Gasteiger partial charge in [0.1, 0.15) is 11.8 Å². The van der Waals surface area contributed by atoms with Crippen molar-refractivity contribution in [3.05, 3.63) is 23.8 Å². The number of thiocarbonyl (C=S) groups is 1. The van der Waals surface area contributed by atoms with Gasteiger partial charge in [0.05, 0.1) is 32.4 Å². The summed E-state index contributed by atoms with van der Waals surface area (Å²) in [5.41, 5.74) is 2.06. The first-order valence-electron chi connectivity index (χ1n) is 9.50. The van der Waals surface area contributed by atoms with Crippen LogP contribution < -0.4 is 26.4 Å². The van der Waals surface area contributed by atoms with Crippen molar-refractivity contribution in [2.24, 2.45) is 5.84 Å². The number of hydrogen-bond acceptors (Lipinski definition) is 7. The van der Waals surface area contributed by atoms with E-state index in [0.717, 1.165) is 17.0 Å². The molecular weight excluding hydrogens is 434 g/mol. The number of anilines is 2. The van der Waals surface area contributed by atoms with Crippen LogP contribution in [-0.4, -0.2) is 68.1 Å². The van der Waals surface area contributed by atoms with Crippen LogP contribution in [0.15, 0.2) is 12.1 Å². The number of nitrogens with zero attached hydrogens (tertiary/aromatic N) is 3. The second kappa shape index (κ2) is 11.0. The molecule has 0 unspecified atom stereocenters. The predicted octanol–water partition coefficient (Wildman–Crippen LogP) is 0.864. The number of rotatable bonds is 9. The number of carbonyl (C=O) groups excluding carboxylic acids is 2. The smallest absolute Gasteiger partial charge is 0.414 e. The summed E-state index contributed by atoms with van der Waals surface area (Å²) in [4.78, 5) is 30.8. The van der Waals surface area contributed by atoms with Crippen LogP contribution in [0.4, 0.5) is 25.0 Å². The molecule has 1 atom stereocenters. The van der Waals surface area contributed by atoms with Crippen LogP contribution in [0.5, 0.6) is 0 Å². The van der Waals surface area contributed by atoms with Gasteiger partial charge in [0, 0.05) is 32.1 Å². The van der Waals surface area contributed by atoms with E-state index in [1.165, 1.54) is 24.0 Å². The number of amides is 2. The molecule has 172 valence electrons. The van der Waals surface area contributed by atoms with Gasteiger partial charge < -0.3 is 15.0 Å². The number of likely N-dealkylation sites (N-methyl/N-ethyl adjacent to an activating group) is 1. The van der Waals surface area contributed by atoms with Gasteiger partial charge in [-0.2, -0.15) is 0 Å². The van der Waals surface area contributed by atoms with E-state index in [0.29, 0.717) is 6.54 Å². The zero-order valence-electron chi connectivity index (χ0n) is 17.5. The summed E-state index contributed by atoms with van der Waals surface area (Å²) in [6, 6.07) is 2.15. The maximum atomic E-state index is 14.9. The second-order valence-electron chi connectivity index (χ2n) is 6.63. The minimum atomic E-state index is -0.835. The van der Waals surface area contributed by atoms with Gasteiger partial charge in [-0.05, 0) is 19.1 Å². The molecule has 0 aromatic heterocycles. The molecule has 1 fully saturated rings. The fourth-order valence-electron chi connectivity index (χ4n) is 3.09. The second-order valence-corrected chi connectivity index (χ2v) is 7.01. The number of carbonyl (C=O) groups is 2. The lowest BCUT2D eigenvalue weighted by atomic mass is 10.2. The number of nitrogens with one attached hydrogen (secondary N) is 2. The van der Waals surface area contributed by atoms with Crippen LogP contribution in [0.2, 0.25) is 0 Å². The Morgan fingerprint density at radius 1 is 1.39 bits per heavy atom. The van der Waals surface area contributed by atoms with Gasteiger partial charge >= 0.3 is 6.09 Å². The van der Waals surface area contributed by atoms with Gasteiger partial charge in [-0.3, -0.25) is 20.0 Å². The van der Waals surface area contributed by atoms with Gasteiger partial charge in [0.25, 0.3) is 0 Å². The van der Waals surface area contributed by atoms with Gasteiger partial charge in [-0.15, -0.1) is 0 Å². The van der Waals surface area contributed by atoms with Crippen molar-refractivity contribution in [1.29, 1.82) is 0 Å². The van der Waals surface area contributed by atoms with E-state index >= 15 is 0 Å². The largest absolute Gasteiger partial charge is 0.442 e. The van der Waals surface area contributed by atoms with E-state index in [-0.39, 0.29) is 48.6 Å². The highest BCUT2D eigenvalue weighted by Crippen LogP contribution is 2.31. The standard InChI is InChI=1S/C18H26F2N6O4S/c1-4-24(5-6-26(29-3)17(31)23-21)16-14(19)7-12(8-15(16)20)25-10-13(30-18(25)28)9-22-11(2)27/h7-8,13H,4-6,9-10,21H2,1-3H3,(H,22,27)(H,23,31)/t13-/m0/s1. The number of hydrogen-bond donors (Lipinski definition) is 3. The van der Waals surface area contributed by atoms with Gasteiger partial charge in [-0.25, -0.2) is 24.5 Å². The number of nitrogens with two attached hydrogens (primary N) is 1. The average Bonchev–Trinajstić information content (AvgIpc) is 3.10. The molecule has 1 heterocycles. The minimum Gasteiger partial charge on any atom is -0.442 e. The van der Waals surface area contributed by atoms with Gasteiger partial charge in [-0.1, -0.05) is 0 Å². The Bertz CT molecular complexity index is 807. The van der Waals surface area contributed by atoms with Crippen molar-refractivity contribution in [3.63, 3.8) is 0 Å². The molecule has 0 saturated carbocycles. The van der Waals surface area contributed by atoms with Gasteiger partial charge in [0.15, 0.2) is 11.6 Å². The summed E-state index contributed by atoms with van der Waals surface area (Å²) in [6.45, 7) is 3.93. The molecule has 1 aliphatic rings. The lowest BCUT2D eigenvalue weighted by Gasteiger charge is -2.28. The van der Waals surface area contributed by atoms with Crippen molar-refractivity contribution < 1.29 is 27.9 Å².